The van der Waals surface area contributed by atoms with Gasteiger partial charge in [0.25, 0.3) is 0 Å². The van der Waals surface area contributed by atoms with Crippen LogP contribution in [0.5, 0.6) is 0 Å². The van der Waals surface area contributed by atoms with E-state index >= 15 is 0 Å². The summed E-state index contributed by atoms with van der Waals surface area (Å²) in [6.45, 7) is 4.62. The molecule has 0 bridgehead atoms. The van der Waals surface area contributed by atoms with E-state index in [1.54, 1.807) is 0 Å². The number of carboxylic acids is 1. The van der Waals surface area contributed by atoms with Crippen LogP contribution in [0.4, 0.5) is 0 Å². The molecule has 18 heavy (non-hydrogen) atoms. The lowest BCUT2D eigenvalue weighted by atomic mass is 9.67. The van der Waals surface area contributed by atoms with Gasteiger partial charge in [0.2, 0.25) is 0 Å². The van der Waals surface area contributed by atoms with Crippen molar-refractivity contribution in [2.24, 2.45) is 0 Å². The molecule has 3 nitrogen and oxygen atoms in total. The van der Waals surface area contributed by atoms with Crippen molar-refractivity contribution >= 4 is 5.97 Å². The topological polar surface area (TPSA) is 49.4 Å². The van der Waals surface area contributed by atoms with Gasteiger partial charge >= 0.3 is 0 Å². The number of aliphatic carboxylic acids is 1. The van der Waals surface area contributed by atoms with E-state index in [9.17, 15) is 9.90 Å². The molecule has 1 aromatic rings. The highest BCUT2D eigenvalue weighted by Crippen LogP contribution is 2.43. The molecular formula is C15H19O3-. The van der Waals surface area contributed by atoms with Gasteiger partial charge in [0.1, 0.15) is 0 Å². The van der Waals surface area contributed by atoms with Crippen LogP contribution in [0, 0.1) is 0 Å². The lowest BCUT2D eigenvalue weighted by molar-refractivity contribution is -0.308. The molecule has 0 spiro atoms. The minimum absolute atomic E-state index is 0.0593. The molecular weight excluding hydrogens is 228 g/mol. The molecule has 0 N–H and O–H groups in total. The third-order valence-electron chi connectivity index (χ3n) is 3.71. The molecule has 1 aromatic carbocycles. The van der Waals surface area contributed by atoms with E-state index in [0.717, 1.165) is 12.0 Å². The van der Waals surface area contributed by atoms with E-state index in [2.05, 4.69) is 0 Å². The van der Waals surface area contributed by atoms with Crippen molar-refractivity contribution < 1.29 is 14.6 Å². The van der Waals surface area contributed by atoms with Gasteiger partial charge in [-0.1, -0.05) is 30.3 Å². The van der Waals surface area contributed by atoms with Gasteiger partial charge in [0.15, 0.2) is 0 Å². The molecule has 0 aliphatic carbocycles. The molecule has 0 amide bonds. The first kappa shape index (κ1) is 13.1. The van der Waals surface area contributed by atoms with E-state index in [4.69, 9.17) is 4.74 Å². The van der Waals surface area contributed by atoms with E-state index in [0.29, 0.717) is 13.0 Å². The van der Waals surface area contributed by atoms with Gasteiger partial charge in [0, 0.05) is 18.0 Å². The molecule has 0 saturated carbocycles. The van der Waals surface area contributed by atoms with Gasteiger partial charge in [-0.05, 0) is 38.7 Å². The van der Waals surface area contributed by atoms with Crippen molar-refractivity contribution in [1.29, 1.82) is 0 Å². The maximum absolute atomic E-state index is 11.1. The Hall–Kier alpha value is -1.35. The Morgan fingerprint density at radius 3 is 2.56 bits per heavy atom. The Labute approximate surface area is 108 Å². The average Bonchev–Trinajstić information content (AvgIpc) is 2.28. The lowest BCUT2D eigenvalue weighted by Crippen LogP contribution is -2.46. The molecule has 2 rings (SSSR count). The van der Waals surface area contributed by atoms with Crippen molar-refractivity contribution in [3.8, 4) is 0 Å². The van der Waals surface area contributed by atoms with Gasteiger partial charge in [0.05, 0.1) is 5.60 Å². The third-order valence-corrected chi connectivity index (χ3v) is 3.71. The second kappa shape index (κ2) is 4.73. The van der Waals surface area contributed by atoms with Gasteiger partial charge < -0.3 is 14.6 Å². The summed E-state index contributed by atoms with van der Waals surface area (Å²) in [5.74, 6) is -0.989. The van der Waals surface area contributed by atoms with Crippen LogP contribution < -0.4 is 5.11 Å². The summed E-state index contributed by atoms with van der Waals surface area (Å²) in [5, 5.41) is 11.1. The third kappa shape index (κ3) is 2.72. The fourth-order valence-corrected chi connectivity index (χ4v) is 3.04. The number of hydrogen-bond acceptors (Lipinski definition) is 3. The number of hydrogen-bond donors (Lipinski definition) is 0. The molecule has 1 aliphatic rings. The predicted molar refractivity (Wildman–Crippen MR) is 67.0 cm³/mol. The highest BCUT2D eigenvalue weighted by Gasteiger charge is 2.41. The number of rotatable bonds is 3. The van der Waals surface area contributed by atoms with Crippen LogP contribution in [0.15, 0.2) is 30.3 Å². The average molecular weight is 247 g/mol. The fourth-order valence-electron chi connectivity index (χ4n) is 3.04. The molecule has 1 fully saturated rings. The number of ether oxygens (including phenoxy) is 1. The molecule has 0 radical (unpaired) electrons. The van der Waals surface area contributed by atoms with Crippen molar-refractivity contribution in [3.05, 3.63) is 35.9 Å². The molecule has 1 saturated heterocycles. The summed E-state index contributed by atoms with van der Waals surface area (Å²) in [4.78, 5) is 11.1. The second-order valence-corrected chi connectivity index (χ2v) is 5.73. The number of benzene rings is 1. The number of carbonyl (C=O) groups is 1. The van der Waals surface area contributed by atoms with Gasteiger partial charge in [-0.15, -0.1) is 0 Å². The van der Waals surface area contributed by atoms with E-state index < -0.39 is 5.97 Å². The van der Waals surface area contributed by atoms with Crippen LogP contribution in [0.3, 0.4) is 0 Å². The van der Waals surface area contributed by atoms with Crippen molar-refractivity contribution in [2.75, 3.05) is 6.61 Å². The molecule has 0 unspecified atom stereocenters. The summed E-state index contributed by atoms with van der Waals surface area (Å²) in [7, 11) is 0. The summed E-state index contributed by atoms with van der Waals surface area (Å²) in [5.41, 5.74) is 0.427. The van der Waals surface area contributed by atoms with Crippen LogP contribution in [-0.2, 0) is 14.9 Å². The Morgan fingerprint density at radius 1 is 1.33 bits per heavy atom. The summed E-state index contributed by atoms with van der Waals surface area (Å²) in [6, 6.07) is 9.86. The maximum Gasteiger partial charge on any atom is 0.0635 e. The summed E-state index contributed by atoms with van der Waals surface area (Å²) in [6.07, 6.45) is 1.50. The molecule has 3 heteroatoms. The Balaban J connectivity index is 2.38. The van der Waals surface area contributed by atoms with E-state index in [-0.39, 0.29) is 17.4 Å². The molecule has 1 aliphatic heterocycles. The smallest absolute Gasteiger partial charge is 0.0635 e. The fraction of sp³-hybridized carbons (Fsp3) is 0.533. The van der Waals surface area contributed by atoms with Crippen LogP contribution in [0.25, 0.3) is 0 Å². The zero-order valence-electron chi connectivity index (χ0n) is 10.9. The highest BCUT2D eigenvalue weighted by molar-refractivity contribution is 5.67. The van der Waals surface area contributed by atoms with Crippen molar-refractivity contribution in [3.63, 3.8) is 0 Å². The monoisotopic (exact) mass is 247 g/mol. The van der Waals surface area contributed by atoms with Crippen LogP contribution in [0.1, 0.15) is 38.7 Å². The minimum Gasteiger partial charge on any atom is -0.550 e. The number of carbonyl (C=O) groups excluding carboxylic acids is 1. The second-order valence-electron chi connectivity index (χ2n) is 5.73. The zero-order chi connectivity index (χ0) is 13.2. The SMILES string of the molecule is CC1(C)C[C@](CC(=O)[O-])(c2ccccc2)CCO1. The van der Waals surface area contributed by atoms with Crippen LogP contribution >= 0.6 is 0 Å². The van der Waals surface area contributed by atoms with Crippen molar-refractivity contribution in [1.82, 2.24) is 0 Å². The lowest BCUT2D eigenvalue weighted by Gasteiger charge is -2.45. The zero-order valence-corrected chi connectivity index (χ0v) is 10.9. The first-order chi connectivity index (χ1) is 8.44. The van der Waals surface area contributed by atoms with Gasteiger partial charge in [-0.2, -0.15) is 0 Å². The summed E-state index contributed by atoms with van der Waals surface area (Å²) < 4.78 is 5.71. The standard InChI is InChI=1S/C15H20O3/c1-14(2)11-15(8-9-18-14,10-13(16)17)12-6-4-3-5-7-12/h3-7H,8-11H2,1-2H3,(H,16,17)/p-1/t15-/m0/s1. The number of carboxylic acid groups (broad SMARTS) is 1. The van der Waals surface area contributed by atoms with Crippen LogP contribution in [-0.4, -0.2) is 18.2 Å². The molecule has 1 heterocycles. The molecule has 98 valence electrons. The van der Waals surface area contributed by atoms with Crippen LogP contribution in [0.2, 0.25) is 0 Å². The molecule has 1 atom stereocenters. The van der Waals surface area contributed by atoms with Crippen molar-refractivity contribution in [2.45, 2.75) is 44.1 Å². The Kier molecular flexibility index (Phi) is 3.44. The molecule has 0 aromatic heterocycles. The Morgan fingerprint density at radius 2 is 2.00 bits per heavy atom. The summed E-state index contributed by atoms with van der Waals surface area (Å²) >= 11 is 0. The largest absolute Gasteiger partial charge is 0.550 e. The minimum atomic E-state index is -0.989. The quantitative estimate of drug-likeness (QED) is 0.816. The van der Waals surface area contributed by atoms with E-state index in [1.807, 2.05) is 44.2 Å². The first-order valence-corrected chi connectivity index (χ1v) is 6.33. The normalized spacial score (nSPS) is 26.8. The predicted octanol–water partition coefficient (Wildman–Crippen LogP) is 1.65. The van der Waals surface area contributed by atoms with E-state index in [1.165, 1.54) is 0 Å². The Bertz CT molecular complexity index is 425. The highest BCUT2D eigenvalue weighted by atomic mass is 16.5. The first-order valence-electron chi connectivity index (χ1n) is 6.33. The van der Waals surface area contributed by atoms with Gasteiger partial charge in [-0.3, -0.25) is 0 Å². The maximum atomic E-state index is 11.1. The van der Waals surface area contributed by atoms with Gasteiger partial charge in [-0.25, -0.2) is 0 Å².